The molecule has 0 aliphatic heterocycles. The number of aliphatic carboxylic acids is 1. The highest BCUT2D eigenvalue weighted by atomic mass is 16.5. The van der Waals surface area contributed by atoms with Crippen LogP contribution in [0.5, 0.6) is 5.75 Å². The fourth-order valence-electron chi connectivity index (χ4n) is 4.51. The highest BCUT2D eigenvalue weighted by molar-refractivity contribution is 5.74. The van der Waals surface area contributed by atoms with Gasteiger partial charge in [0, 0.05) is 17.9 Å². The van der Waals surface area contributed by atoms with Gasteiger partial charge in [0.15, 0.2) is 0 Å². The average molecular weight is 446 g/mol. The van der Waals surface area contributed by atoms with Crippen LogP contribution in [0, 0.1) is 19.8 Å². The number of hydrogen-bond donors (Lipinski definition) is 1. The lowest BCUT2D eigenvalue weighted by Gasteiger charge is -2.18. The van der Waals surface area contributed by atoms with Gasteiger partial charge >= 0.3 is 5.97 Å². The van der Waals surface area contributed by atoms with Crippen LogP contribution in [0.1, 0.15) is 53.8 Å². The van der Waals surface area contributed by atoms with Gasteiger partial charge in [-0.05, 0) is 68.5 Å². The third kappa shape index (κ3) is 5.19. The molecule has 1 N–H and O–H groups in total. The van der Waals surface area contributed by atoms with Gasteiger partial charge in [-0.15, -0.1) is 0 Å². The van der Waals surface area contributed by atoms with E-state index >= 15 is 0 Å². The highest BCUT2D eigenvalue weighted by Crippen LogP contribution is 2.40. The van der Waals surface area contributed by atoms with Gasteiger partial charge in [0.05, 0.1) is 18.2 Å². The molecule has 2 unspecified atom stereocenters. The van der Waals surface area contributed by atoms with E-state index in [0.717, 1.165) is 47.6 Å². The number of nitrogens with zero attached hydrogens (tertiary/aromatic N) is 1. The summed E-state index contributed by atoms with van der Waals surface area (Å²) in [5.74, 6) is 1.04. The summed E-state index contributed by atoms with van der Waals surface area (Å²) in [5.41, 5.74) is 5.39. The standard InChI is InChI=1S/C28H31NO4/c1-4-5-6-25(28(30)31)24-13-11-21-17-22(12-14-23(21)24)32-16-15-26-19(3)33-27(29-26)20-9-7-18(2)8-10-20/h5-10,12,14,17,24-25H,4,11,13,15-16H2,1-3H3,(H,30,31)/b6-5-. The van der Waals surface area contributed by atoms with E-state index in [0.29, 0.717) is 18.9 Å². The maximum absolute atomic E-state index is 11.8. The van der Waals surface area contributed by atoms with Crippen molar-refractivity contribution in [3.63, 3.8) is 0 Å². The predicted octanol–water partition coefficient (Wildman–Crippen LogP) is 6.28. The third-order valence-electron chi connectivity index (χ3n) is 6.34. The molecule has 2 aromatic carbocycles. The van der Waals surface area contributed by atoms with Crippen LogP contribution in [-0.2, 0) is 17.6 Å². The van der Waals surface area contributed by atoms with E-state index in [1.165, 1.54) is 11.1 Å². The molecule has 3 aromatic rings. The van der Waals surface area contributed by atoms with E-state index in [1.807, 2.05) is 50.3 Å². The van der Waals surface area contributed by atoms with E-state index in [4.69, 9.17) is 9.15 Å². The zero-order valence-electron chi connectivity index (χ0n) is 19.5. The molecular formula is C28H31NO4. The molecule has 0 radical (unpaired) electrons. The summed E-state index contributed by atoms with van der Waals surface area (Å²) in [4.78, 5) is 16.5. The number of allylic oxidation sites excluding steroid dienone is 1. The number of ether oxygens (including phenoxy) is 1. The molecule has 2 atom stereocenters. The summed E-state index contributed by atoms with van der Waals surface area (Å²) in [6.07, 6.45) is 7.02. The van der Waals surface area contributed by atoms with Gasteiger partial charge in [0.25, 0.3) is 0 Å². The minimum absolute atomic E-state index is 0.0207. The summed E-state index contributed by atoms with van der Waals surface area (Å²) in [6, 6.07) is 14.2. The first kappa shape index (κ1) is 22.8. The van der Waals surface area contributed by atoms with Crippen molar-refractivity contribution in [1.82, 2.24) is 4.98 Å². The van der Waals surface area contributed by atoms with E-state index in [9.17, 15) is 9.90 Å². The van der Waals surface area contributed by atoms with Crippen molar-refractivity contribution in [2.45, 2.75) is 52.4 Å². The normalized spacial score (nSPS) is 16.2. The maximum atomic E-state index is 11.8. The quantitative estimate of drug-likeness (QED) is 0.393. The van der Waals surface area contributed by atoms with Gasteiger partial charge in [-0.3, -0.25) is 4.79 Å². The van der Waals surface area contributed by atoms with Crippen molar-refractivity contribution in [1.29, 1.82) is 0 Å². The summed E-state index contributed by atoms with van der Waals surface area (Å²) in [5, 5.41) is 9.68. The minimum atomic E-state index is -0.758. The SMILES string of the molecule is CC/C=C\C(C(=O)O)C1CCc2cc(OCCc3nc(-c4ccc(C)cc4)oc3C)ccc21. The Morgan fingerprint density at radius 2 is 2.03 bits per heavy atom. The van der Waals surface area contributed by atoms with Gasteiger partial charge in [0.2, 0.25) is 5.89 Å². The Hall–Kier alpha value is -3.34. The molecule has 0 bridgehead atoms. The zero-order valence-corrected chi connectivity index (χ0v) is 19.5. The molecule has 0 saturated heterocycles. The number of aromatic nitrogens is 1. The number of rotatable bonds is 9. The van der Waals surface area contributed by atoms with Crippen molar-refractivity contribution in [3.8, 4) is 17.2 Å². The lowest BCUT2D eigenvalue weighted by molar-refractivity contribution is -0.140. The van der Waals surface area contributed by atoms with Gasteiger partial charge < -0.3 is 14.3 Å². The lowest BCUT2D eigenvalue weighted by Crippen LogP contribution is -2.18. The molecule has 0 spiro atoms. The largest absolute Gasteiger partial charge is 0.493 e. The fourth-order valence-corrected chi connectivity index (χ4v) is 4.51. The Balaban J connectivity index is 1.39. The lowest BCUT2D eigenvalue weighted by atomic mass is 9.87. The van der Waals surface area contributed by atoms with Crippen LogP contribution in [0.3, 0.4) is 0 Å². The summed E-state index contributed by atoms with van der Waals surface area (Å²) in [7, 11) is 0. The molecule has 1 aliphatic carbocycles. The van der Waals surface area contributed by atoms with Crippen LogP contribution in [0.4, 0.5) is 0 Å². The monoisotopic (exact) mass is 445 g/mol. The first-order valence-corrected chi connectivity index (χ1v) is 11.6. The molecule has 0 amide bonds. The molecule has 1 heterocycles. The maximum Gasteiger partial charge on any atom is 0.310 e. The van der Waals surface area contributed by atoms with E-state index < -0.39 is 11.9 Å². The number of hydrogen-bond acceptors (Lipinski definition) is 4. The number of fused-ring (bicyclic) bond motifs is 1. The van der Waals surface area contributed by atoms with Crippen molar-refractivity contribution >= 4 is 5.97 Å². The Bertz CT molecular complexity index is 1140. The van der Waals surface area contributed by atoms with Crippen molar-refractivity contribution < 1.29 is 19.1 Å². The van der Waals surface area contributed by atoms with Crippen molar-refractivity contribution in [3.05, 3.63) is 82.8 Å². The number of benzene rings is 2. The van der Waals surface area contributed by atoms with Crippen LogP contribution < -0.4 is 4.74 Å². The number of carboxylic acid groups (broad SMARTS) is 1. The Kier molecular flexibility index (Phi) is 6.97. The first-order chi connectivity index (χ1) is 16.0. The van der Waals surface area contributed by atoms with Crippen LogP contribution in [-0.4, -0.2) is 22.7 Å². The van der Waals surface area contributed by atoms with Gasteiger partial charge in [-0.2, -0.15) is 0 Å². The molecule has 5 nitrogen and oxygen atoms in total. The van der Waals surface area contributed by atoms with Gasteiger partial charge in [-0.25, -0.2) is 4.98 Å². The third-order valence-corrected chi connectivity index (χ3v) is 6.34. The van der Waals surface area contributed by atoms with Gasteiger partial charge in [-0.1, -0.05) is 42.8 Å². The van der Waals surface area contributed by atoms with Crippen LogP contribution in [0.25, 0.3) is 11.5 Å². The molecule has 1 aliphatic rings. The minimum Gasteiger partial charge on any atom is -0.493 e. The van der Waals surface area contributed by atoms with E-state index in [-0.39, 0.29) is 5.92 Å². The smallest absolute Gasteiger partial charge is 0.310 e. The van der Waals surface area contributed by atoms with Crippen molar-refractivity contribution in [2.75, 3.05) is 6.61 Å². The Morgan fingerprint density at radius 1 is 1.24 bits per heavy atom. The number of carbonyl (C=O) groups is 1. The molecule has 1 aromatic heterocycles. The Labute approximate surface area is 195 Å². The first-order valence-electron chi connectivity index (χ1n) is 11.6. The number of carboxylic acids is 1. The molecular weight excluding hydrogens is 414 g/mol. The number of oxazole rings is 1. The second kappa shape index (κ2) is 10.1. The van der Waals surface area contributed by atoms with Gasteiger partial charge in [0.1, 0.15) is 11.5 Å². The molecule has 5 heteroatoms. The second-order valence-corrected chi connectivity index (χ2v) is 8.69. The molecule has 172 valence electrons. The highest BCUT2D eigenvalue weighted by Gasteiger charge is 2.32. The second-order valence-electron chi connectivity index (χ2n) is 8.69. The van der Waals surface area contributed by atoms with Crippen LogP contribution >= 0.6 is 0 Å². The summed E-state index contributed by atoms with van der Waals surface area (Å²) >= 11 is 0. The molecule has 0 fully saturated rings. The predicted molar refractivity (Wildman–Crippen MR) is 129 cm³/mol. The fraction of sp³-hybridized carbons (Fsp3) is 0.357. The van der Waals surface area contributed by atoms with Crippen LogP contribution in [0.2, 0.25) is 0 Å². The van der Waals surface area contributed by atoms with E-state index in [1.54, 1.807) is 0 Å². The Morgan fingerprint density at radius 3 is 2.76 bits per heavy atom. The molecule has 0 saturated carbocycles. The van der Waals surface area contributed by atoms with E-state index in [2.05, 4.69) is 30.1 Å². The zero-order chi connectivity index (χ0) is 23.4. The molecule has 4 rings (SSSR count). The van der Waals surface area contributed by atoms with Crippen LogP contribution in [0.15, 0.2) is 59.0 Å². The topological polar surface area (TPSA) is 72.6 Å². The number of aryl methyl sites for hydroxylation is 3. The summed E-state index contributed by atoms with van der Waals surface area (Å²) in [6.45, 7) is 6.51. The average Bonchev–Trinajstić information content (AvgIpc) is 3.38. The summed E-state index contributed by atoms with van der Waals surface area (Å²) < 4.78 is 11.9. The molecule has 33 heavy (non-hydrogen) atoms. The van der Waals surface area contributed by atoms with Crippen molar-refractivity contribution in [2.24, 2.45) is 5.92 Å².